The van der Waals surface area contributed by atoms with Gasteiger partial charge in [0.15, 0.2) is 11.6 Å². The third-order valence-corrected chi connectivity index (χ3v) is 6.93. The van der Waals surface area contributed by atoms with E-state index >= 15 is 0 Å². The number of nitrogens with zero attached hydrogens (tertiary/aromatic N) is 5. The number of hydrogen-bond acceptors (Lipinski definition) is 7. The molecule has 2 aromatic rings. The number of carbonyl (C=O) groups excluding carboxylic acids is 1. The number of aromatic nitrogens is 2. The van der Waals surface area contributed by atoms with E-state index in [1.54, 1.807) is 11.1 Å². The first kappa shape index (κ1) is 26.3. The van der Waals surface area contributed by atoms with Gasteiger partial charge < -0.3 is 19.3 Å². The molecule has 2 aliphatic rings. The molecule has 196 valence electrons. The van der Waals surface area contributed by atoms with Crippen LogP contribution in [0, 0.1) is 11.7 Å². The molecule has 1 aromatic heterocycles. The Bertz CT molecular complexity index is 1010. The van der Waals surface area contributed by atoms with E-state index in [4.69, 9.17) is 9.47 Å². The Labute approximate surface area is 213 Å². The topological polar surface area (TPSA) is 71.0 Å². The van der Waals surface area contributed by atoms with Crippen LogP contribution in [0.2, 0.25) is 0 Å². The molecule has 0 saturated carbocycles. The second-order valence-corrected chi connectivity index (χ2v) is 10.2. The van der Waals surface area contributed by atoms with Crippen LogP contribution in [-0.2, 0) is 4.74 Å². The van der Waals surface area contributed by atoms with Gasteiger partial charge >= 0.3 is 0 Å². The van der Waals surface area contributed by atoms with Gasteiger partial charge in [0.1, 0.15) is 17.9 Å². The zero-order valence-corrected chi connectivity index (χ0v) is 21.8. The van der Waals surface area contributed by atoms with Crippen molar-refractivity contribution in [2.24, 2.45) is 5.92 Å². The van der Waals surface area contributed by atoms with E-state index in [0.29, 0.717) is 23.2 Å². The summed E-state index contributed by atoms with van der Waals surface area (Å²) in [5.41, 5.74) is 0.188. The predicted molar refractivity (Wildman–Crippen MR) is 137 cm³/mol. The first-order valence-corrected chi connectivity index (χ1v) is 13.0. The number of amides is 1. The normalized spacial score (nSPS) is 17.6. The zero-order valence-electron chi connectivity index (χ0n) is 21.8. The Kier molecular flexibility index (Phi) is 8.74. The molecule has 0 spiro atoms. The van der Waals surface area contributed by atoms with Gasteiger partial charge in [-0.05, 0) is 64.7 Å². The molecule has 9 heteroatoms. The van der Waals surface area contributed by atoms with Crippen molar-refractivity contribution < 1.29 is 18.7 Å². The maximum atomic E-state index is 14.2. The van der Waals surface area contributed by atoms with Crippen LogP contribution in [0.3, 0.4) is 0 Å². The summed E-state index contributed by atoms with van der Waals surface area (Å²) in [6, 6.07) is 3.97. The van der Waals surface area contributed by atoms with Gasteiger partial charge in [0.25, 0.3) is 5.91 Å². The Morgan fingerprint density at radius 3 is 2.47 bits per heavy atom. The van der Waals surface area contributed by atoms with Gasteiger partial charge in [0.2, 0.25) is 0 Å². The van der Waals surface area contributed by atoms with Crippen molar-refractivity contribution >= 4 is 11.7 Å². The van der Waals surface area contributed by atoms with Crippen LogP contribution in [0.4, 0.5) is 10.2 Å². The van der Waals surface area contributed by atoms with Crippen molar-refractivity contribution in [1.29, 1.82) is 0 Å². The number of anilines is 1. The molecule has 8 nitrogen and oxygen atoms in total. The molecule has 4 rings (SSSR count). The molecule has 0 atom stereocenters. The van der Waals surface area contributed by atoms with E-state index in [0.717, 1.165) is 58.8 Å². The standard InChI is InChI=1S/C27H38FN5O3/c1-19(2)33(20(3)4)27(34)23-15-22(28)5-6-24(23)36-25-16-29-18-30-26(25)32-11-9-31(10-12-32)17-21-7-13-35-14-8-21/h5-6,15-16,18-21H,7-14,17H2,1-4H3. The Hall–Kier alpha value is -2.78. The molecular weight excluding hydrogens is 461 g/mol. The summed E-state index contributed by atoms with van der Waals surface area (Å²) in [4.78, 5) is 28.5. The minimum atomic E-state index is -0.483. The molecule has 1 amide bonds. The number of carbonyl (C=O) groups is 1. The van der Waals surface area contributed by atoms with E-state index in [2.05, 4.69) is 19.8 Å². The molecule has 36 heavy (non-hydrogen) atoms. The monoisotopic (exact) mass is 499 g/mol. The third kappa shape index (κ3) is 6.31. The summed E-state index contributed by atoms with van der Waals surface area (Å²) < 4.78 is 25.9. The first-order chi connectivity index (χ1) is 17.3. The van der Waals surface area contributed by atoms with Crippen molar-refractivity contribution in [1.82, 2.24) is 19.8 Å². The summed E-state index contributed by atoms with van der Waals surface area (Å²) in [7, 11) is 0. The maximum absolute atomic E-state index is 14.2. The number of piperazine rings is 1. The summed E-state index contributed by atoms with van der Waals surface area (Å²) in [5.74, 6) is 1.38. The molecule has 0 bridgehead atoms. The SMILES string of the molecule is CC(C)N(C(=O)c1cc(F)ccc1Oc1cncnc1N1CCN(CC2CCOCC2)CC1)C(C)C. The Morgan fingerprint density at radius 2 is 1.81 bits per heavy atom. The van der Waals surface area contributed by atoms with Crippen LogP contribution in [-0.4, -0.2) is 83.7 Å². The fourth-order valence-electron chi connectivity index (χ4n) is 5.14. The molecule has 2 saturated heterocycles. The lowest BCUT2D eigenvalue weighted by Crippen LogP contribution is -2.48. The minimum Gasteiger partial charge on any atom is -0.451 e. The molecule has 0 radical (unpaired) electrons. The van der Waals surface area contributed by atoms with Crippen molar-refractivity contribution in [3.05, 3.63) is 42.1 Å². The van der Waals surface area contributed by atoms with Crippen LogP contribution in [0.1, 0.15) is 50.9 Å². The van der Waals surface area contributed by atoms with Gasteiger partial charge in [-0.3, -0.25) is 9.69 Å². The lowest BCUT2D eigenvalue weighted by Gasteiger charge is -2.38. The van der Waals surface area contributed by atoms with E-state index in [9.17, 15) is 9.18 Å². The summed E-state index contributed by atoms with van der Waals surface area (Å²) >= 11 is 0. The van der Waals surface area contributed by atoms with Gasteiger partial charge in [-0.15, -0.1) is 0 Å². The Balaban J connectivity index is 1.50. The third-order valence-electron chi connectivity index (χ3n) is 6.93. The largest absolute Gasteiger partial charge is 0.451 e. The predicted octanol–water partition coefficient (Wildman–Crippen LogP) is 4.22. The molecule has 2 aliphatic heterocycles. The maximum Gasteiger partial charge on any atom is 0.258 e. The highest BCUT2D eigenvalue weighted by atomic mass is 19.1. The van der Waals surface area contributed by atoms with Crippen LogP contribution in [0.5, 0.6) is 11.5 Å². The highest BCUT2D eigenvalue weighted by Crippen LogP contribution is 2.33. The molecule has 2 fully saturated rings. The van der Waals surface area contributed by atoms with Crippen LogP contribution in [0.15, 0.2) is 30.7 Å². The average Bonchev–Trinajstić information content (AvgIpc) is 2.86. The lowest BCUT2D eigenvalue weighted by molar-refractivity contribution is 0.0517. The number of ether oxygens (including phenoxy) is 2. The molecule has 0 N–H and O–H groups in total. The summed E-state index contributed by atoms with van der Waals surface area (Å²) in [5, 5.41) is 0. The minimum absolute atomic E-state index is 0.0401. The van der Waals surface area contributed by atoms with Crippen LogP contribution < -0.4 is 9.64 Å². The van der Waals surface area contributed by atoms with Crippen molar-refractivity contribution in [3.63, 3.8) is 0 Å². The molecule has 3 heterocycles. The van der Waals surface area contributed by atoms with E-state index in [-0.39, 0.29) is 23.6 Å². The fraction of sp³-hybridized carbons (Fsp3) is 0.593. The van der Waals surface area contributed by atoms with Gasteiger partial charge in [0.05, 0.1) is 11.8 Å². The summed E-state index contributed by atoms with van der Waals surface area (Å²) in [6.45, 7) is 14.2. The van der Waals surface area contributed by atoms with Crippen LogP contribution in [0.25, 0.3) is 0 Å². The van der Waals surface area contributed by atoms with E-state index in [1.807, 2.05) is 27.7 Å². The average molecular weight is 500 g/mol. The van der Waals surface area contributed by atoms with Gasteiger partial charge in [-0.1, -0.05) is 0 Å². The number of benzene rings is 1. The Morgan fingerprint density at radius 1 is 1.11 bits per heavy atom. The van der Waals surface area contributed by atoms with Gasteiger partial charge in [-0.25, -0.2) is 14.4 Å². The number of halogens is 1. The second kappa shape index (κ2) is 12.0. The zero-order chi connectivity index (χ0) is 25.7. The number of hydrogen-bond donors (Lipinski definition) is 0. The smallest absolute Gasteiger partial charge is 0.258 e. The number of rotatable bonds is 8. The van der Waals surface area contributed by atoms with Gasteiger partial charge in [-0.2, -0.15) is 0 Å². The molecule has 0 unspecified atom stereocenters. The molecular formula is C27H38FN5O3. The quantitative estimate of drug-likeness (QED) is 0.539. The van der Waals surface area contributed by atoms with Crippen molar-refractivity contribution in [2.45, 2.75) is 52.6 Å². The van der Waals surface area contributed by atoms with Crippen LogP contribution >= 0.6 is 0 Å². The van der Waals surface area contributed by atoms with Crippen molar-refractivity contribution in [2.75, 3.05) is 50.8 Å². The van der Waals surface area contributed by atoms with E-state index in [1.165, 1.54) is 24.5 Å². The second-order valence-electron chi connectivity index (χ2n) is 10.2. The summed E-state index contributed by atoms with van der Waals surface area (Å²) in [6.07, 6.45) is 5.38. The first-order valence-electron chi connectivity index (χ1n) is 13.0. The van der Waals surface area contributed by atoms with Crippen molar-refractivity contribution in [3.8, 4) is 11.5 Å². The fourth-order valence-corrected chi connectivity index (χ4v) is 5.14. The molecule has 1 aromatic carbocycles. The lowest BCUT2D eigenvalue weighted by atomic mass is 9.99. The van der Waals surface area contributed by atoms with Gasteiger partial charge in [0, 0.05) is 58.0 Å². The van der Waals surface area contributed by atoms with E-state index < -0.39 is 5.82 Å². The highest BCUT2D eigenvalue weighted by Gasteiger charge is 2.27. The highest BCUT2D eigenvalue weighted by molar-refractivity contribution is 5.97. The molecule has 0 aliphatic carbocycles.